The molecule has 0 radical (unpaired) electrons. The summed E-state index contributed by atoms with van der Waals surface area (Å²) < 4.78 is 5.95. The average molecular weight is 289 g/mol. The van der Waals surface area contributed by atoms with Gasteiger partial charge in [-0.2, -0.15) is 0 Å². The standard InChI is InChI=1S/C17H27N3O/c1-3-18-15-11-14(12-7-5-6-8-12)19-17(20-15)16(21-4-2)13-9-10-13/h11-13,16H,3-10H2,1-2H3,(H,18,19,20). The second-order valence-electron chi connectivity index (χ2n) is 6.26. The highest BCUT2D eigenvalue weighted by Crippen LogP contribution is 2.43. The van der Waals surface area contributed by atoms with Crippen LogP contribution in [0.5, 0.6) is 0 Å². The highest BCUT2D eigenvalue weighted by atomic mass is 16.5. The number of nitrogens with zero attached hydrogens (tertiary/aromatic N) is 2. The lowest BCUT2D eigenvalue weighted by atomic mass is 10.0. The van der Waals surface area contributed by atoms with Crippen LogP contribution in [0.25, 0.3) is 0 Å². The Morgan fingerprint density at radius 3 is 2.57 bits per heavy atom. The van der Waals surface area contributed by atoms with Crippen LogP contribution in [0.1, 0.15) is 75.9 Å². The van der Waals surface area contributed by atoms with Crippen LogP contribution in [0.4, 0.5) is 5.82 Å². The number of anilines is 1. The fourth-order valence-corrected chi connectivity index (χ4v) is 3.31. The van der Waals surface area contributed by atoms with E-state index >= 15 is 0 Å². The van der Waals surface area contributed by atoms with Crippen LogP contribution >= 0.6 is 0 Å². The molecule has 3 rings (SSSR count). The first-order valence-corrected chi connectivity index (χ1v) is 8.56. The molecule has 0 saturated heterocycles. The molecule has 1 N–H and O–H groups in total. The normalized spacial score (nSPS) is 20.7. The van der Waals surface area contributed by atoms with Crippen molar-refractivity contribution in [3.8, 4) is 0 Å². The van der Waals surface area contributed by atoms with Gasteiger partial charge in [0.1, 0.15) is 11.9 Å². The van der Waals surface area contributed by atoms with Crippen LogP contribution < -0.4 is 5.32 Å². The van der Waals surface area contributed by atoms with Crippen LogP contribution in [0.15, 0.2) is 6.07 Å². The first kappa shape index (κ1) is 14.8. The molecule has 1 atom stereocenters. The van der Waals surface area contributed by atoms with Crippen LogP contribution in [-0.2, 0) is 4.74 Å². The Bertz CT molecular complexity index is 467. The summed E-state index contributed by atoms with van der Waals surface area (Å²) in [7, 11) is 0. The largest absolute Gasteiger partial charge is 0.370 e. The second kappa shape index (κ2) is 6.73. The number of hydrogen-bond acceptors (Lipinski definition) is 4. The summed E-state index contributed by atoms with van der Waals surface area (Å²) in [6.07, 6.45) is 7.79. The van der Waals surface area contributed by atoms with E-state index in [2.05, 4.69) is 25.2 Å². The highest BCUT2D eigenvalue weighted by Gasteiger charge is 2.35. The van der Waals surface area contributed by atoms with E-state index in [-0.39, 0.29) is 6.10 Å². The van der Waals surface area contributed by atoms with Gasteiger partial charge in [0.25, 0.3) is 0 Å². The zero-order chi connectivity index (χ0) is 14.7. The maximum Gasteiger partial charge on any atom is 0.160 e. The molecular formula is C17H27N3O. The van der Waals surface area contributed by atoms with E-state index in [0.717, 1.165) is 24.8 Å². The second-order valence-corrected chi connectivity index (χ2v) is 6.26. The lowest BCUT2D eigenvalue weighted by molar-refractivity contribution is 0.0399. The molecule has 2 aliphatic rings. The van der Waals surface area contributed by atoms with E-state index in [0.29, 0.717) is 11.8 Å². The molecule has 2 fully saturated rings. The Hall–Kier alpha value is -1.16. The van der Waals surface area contributed by atoms with Gasteiger partial charge in [-0.25, -0.2) is 9.97 Å². The number of ether oxygens (including phenoxy) is 1. The molecule has 21 heavy (non-hydrogen) atoms. The van der Waals surface area contributed by atoms with E-state index in [1.54, 1.807) is 0 Å². The zero-order valence-electron chi connectivity index (χ0n) is 13.3. The average Bonchev–Trinajstić information content (AvgIpc) is 3.17. The third-order valence-corrected chi connectivity index (χ3v) is 4.55. The third kappa shape index (κ3) is 3.54. The molecule has 0 bridgehead atoms. The smallest absolute Gasteiger partial charge is 0.160 e. The van der Waals surface area contributed by atoms with Crippen molar-refractivity contribution in [2.24, 2.45) is 5.92 Å². The molecule has 2 aliphatic carbocycles. The van der Waals surface area contributed by atoms with Gasteiger partial charge in [0, 0.05) is 30.8 Å². The van der Waals surface area contributed by atoms with Crippen molar-refractivity contribution in [2.45, 2.75) is 64.4 Å². The van der Waals surface area contributed by atoms with Gasteiger partial charge in [-0.15, -0.1) is 0 Å². The van der Waals surface area contributed by atoms with E-state index < -0.39 is 0 Å². The van der Waals surface area contributed by atoms with E-state index in [1.165, 1.54) is 44.2 Å². The summed E-state index contributed by atoms with van der Waals surface area (Å²) >= 11 is 0. The number of aromatic nitrogens is 2. The fraction of sp³-hybridized carbons (Fsp3) is 0.765. The summed E-state index contributed by atoms with van der Waals surface area (Å²) in [5, 5.41) is 3.36. The van der Waals surface area contributed by atoms with E-state index in [4.69, 9.17) is 14.7 Å². The molecule has 0 aliphatic heterocycles. The topological polar surface area (TPSA) is 47.0 Å². The maximum absolute atomic E-state index is 5.95. The van der Waals surface area contributed by atoms with E-state index in [9.17, 15) is 0 Å². The Morgan fingerprint density at radius 1 is 1.19 bits per heavy atom. The predicted molar refractivity (Wildman–Crippen MR) is 84.5 cm³/mol. The van der Waals surface area contributed by atoms with Crippen molar-refractivity contribution < 1.29 is 4.74 Å². The Morgan fingerprint density at radius 2 is 1.95 bits per heavy atom. The first-order chi connectivity index (χ1) is 10.3. The van der Waals surface area contributed by atoms with Gasteiger partial charge in [0.05, 0.1) is 0 Å². The van der Waals surface area contributed by atoms with Gasteiger partial charge < -0.3 is 10.1 Å². The quantitative estimate of drug-likeness (QED) is 0.822. The van der Waals surface area contributed by atoms with Crippen molar-refractivity contribution in [2.75, 3.05) is 18.5 Å². The molecule has 1 aromatic rings. The maximum atomic E-state index is 5.95. The summed E-state index contributed by atoms with van der Waals surface area (Å²) in [5.74, 6) is 3.11. The highest BCUT2D eigenvalue weighted by molar-refractivity contribution is 5.37. The fourth-order valence-electron chi connectivity index (χ4n) is 3.31. The molecule has 4 heteroatoms. The zero-order valence-corrected chi connectivity index (χ0v) is 13.3. The van der Waals surface area contributed by atoms with Gasteiger partial charge >= 0.3 is 0 Å². The number of nitrogens with one attached hydrogen (secondary N) is 1. The van der Waals surface area contributed by atoms with Crippen molar-refractivity contribution in [3.63, 3.8) is 0 Å². The van der Waals surface area contributed by atoms with Gasteiger partial charge in [0.2, 0.25) is 0 Å². The lowest BCUT2D eigenvalue weighted by Gasteiger charge is -2.19. The SMILES string of the molecule is CCNc1cc(C2CCCC2)nc(C(OCC)C2CC2)n1. The molecular weight excluding hydrogens is 262 g/mol. The van der Waals surface area contributed by atoms with E-state index in [1.807, 2.05) is 0 Å². The van der Waals surface area contributed by atoms with Gasteiger partial charge in [-0.05, 0) is 45.4 Å². The monoisotopic (exact) mass is 289 g/mol. The van der Waals surface area contributed by atoms with Gasteiger partial charge in [-0.3, -0.25) is 0 Å². The van der Waals surface area contributed by atoms with Crippen LogP contribution in [0.3, 0.4) is 0 Å². The molecule has 116 valence electrons. The van der Waals surface area contributed by atoms with Crippen molar-refractivity contribution in [1.29, 1.82) is 0 Å². The minimum absolute atomic E-state index is 0.0914. The summed E-state index contributed by atoms with van der Waals surface area (Å²) in [6.45, 7) is 5.79. The molecule has 1 unspecified atom stereocenters. The number of rotatable bonds is 7. The van der Waals surface area contributed by atoms with Crippen molar-refractivity contribution in [1.82, 2.24) is 9.97 Å². The molecule has 1 aromatic heterocycles. The lowest BCUT2D eigenvalue weighted by Crippen LogP contribution is -2.15. The van der Waals surface area contributed by atoms with Crippen LogP contribution in [0.2, 0.25) is 0 Å². The van der Waals surface area contributed by atoms with Gasteiger partial charge in [0.15, 0.2) is 5.82 Å². The molecule has 0 aromatic carbocycles. The summed E-state index contributed by atoms with van der Waals surface area (Å²) in [4.78, 5) is 9.63. The molecule has 0 spiro atoms. The molecule has 1 heterocycles. The minimum atomic E-state index is 0.0914. The third-order valence-electron chi connectivity index (χ3n) is 4.55. The Labute approximate surface area is 127 Å². The minimum Gasteiger partial charge on any atom is -0.370 e. The van der Waals surface area contributed by atoms with Crippen LogP contribution in [0, 0.1) is 5.92 Å². The molecule has 4 nitrogen and oxygen atoms in total. The van der Waals surface area contributed by atoms with Gasteiger partial charge in [-0.1, -0.05) is 12.8 Å². The summed E-state index contributed by atoms with van der Waals surface area (Å²) in [6, 6.07) is 2.15. The Balaban J connectivity index is 1.89. The van der Waals surface area contributed by atoms with Crippen molar-refractivity contribution in [3.05, 3.63) is 17.6 Å². The first-order valence-electron chi connectivity index (χ1n) is 8.56. The van der Waals surface area contributed by atoms with Crippen molar-refractivity contribution >= 4 is 5.82 Å². The Kier molecular flexibility index (Phi) is 4.73. The summed E-state index contributed by atoms with van der Waals surface area (Å²) in [5.41, 5.74) is 1.22. The molecule has 0 amide bonds. The predicted octanol–water partition coefficient (Wildman–Crippen LogP) is 4.05. The van der Waals surface area contributed by atoms with Crippen LogP contribution in [-0.4, -0.2) is 23.1 Å². The molecule has 2 saturated carbocycles. The number of hydrogen-bond donors (Lipinski definition) is 1.